The van der Waals surface area contributed by atoms with E-state index in [0.29, 0.717) is 12.0 Å². The van der Waals surface area contributed by atoms with Crippen molar-refractivity contribution in [3.05, 3.63) is 5.82 Å². The summed E-state index contributed by atoms with van der Waals surface area (Å²) in [7, 11) is 0. The van der Waals surface area contributed by atoms with E-state index < -0.39 is 0 Å². The summed E-state index contributed by atoms with van der Waals surface area (Å²) in [6, 6.07) is 0.703. The van der Waals surface area contributed by atoms with Crippen LogP contribution in [-0.2, 0) is 0 Å². The molecule has 0 aromatic carbocycles. The SMILES string of the molecule is CCC1CCCCN1c1nc(C2CC2)ns1. The number of piperidine rings is 1. The lowest BCUT2D eigenvalue weighted by atomic mass is 10.0. The topological polar surface area (TPSA) is 29.0 Å². The summed E-state index contributed by atoms with van der Waals surface area (Å²) in [5.41, 5.74) is 0. The molecule has 0 N–H and O–H groups in total. The molecule has 1 saturated carbocycles. The lowest BCUT2D eigenvalue weighted by Gasteiger charge is -2.34. The molecule has 2 heterocycles. The molecule has 3 rings (SSSR count). The average molecular weight is 237 g/mol. The summed E-state index contributed by atoms with van der Waals surface area (Å²) in [4.78, 5) is 7.22. The molecule has 1 aliphatic heterocycles. The standard InChI is InChI=1S/C12H19N3S/c1-2-10-5-3-4-8-15(10)12-13-11(14-16-12)9-6-7-9/h9-10H,2-8H2,1H3. The van der Waals surface area contributed by atoms with E-state index in [4.69, 9.17) is 4.98 Å². The van der Waals surface area contributed by atoms with E-state index in [1.54, 1.807) is 11.5 Å². The Morgan fingerprint density at radius 1 is 1.31 bits per heavy atom. The predicted molar refractivity (Wildman–Crippen MR) is 67.2 cm³/mol. The van der Waals surface area contributed by atoms with E-state index >= 15 is 0 Å². The summed E-state index contributed by atoms with van der Waals surface area (Å²) in [6.07, 6.45) is 7.85. The highest BCUT2D eigenvalue weighted by Gasteiger charge is 2.30. The van der Waals surface area contributed by atoms with Gasteiger partial charge in [-0.1, -0.05) is 6.92 Å². The van der Waals surface area contributed by atoms with Crippen LogP contribution in [0.2, 0.25) is 0 Å². The maximum atomic E-state index is 4.73. The molecule has 1 aromatic rings. The van der Waals surface area contributed by atoms with E-state index in [0.717, 1.165) is 5.82 Å². The van der Waals surface area contributed by atoms with Crippen LogP contribution in [0.25, 0.3) is 0 Å². The number of nitrogens with zero attached hydrogens (tertiary/aromatic N) is 3. The van der Waals surface area contributed by atoms with Gasteiger partial charge in [0, 0.05) is 30.0 Å². The van der Waals surface area contributed by atoms with Crippen molar-refractivity contribution in [3.8, 4) is 0 Å². The van der Waals surface area contributed by atoms with Crippen molar-refractivity contribution in [1.82, 2.24) is 9.36 Å². The van der Waals surface area contributed by atoms with Crippen LogP contribution in [0.5, 0.6) is 0 Å². The van der Waals surface area contributed by atoms with Gasteiger partial charge in [-0.2, -0.15) is 4.37 Å². The number of aromatic nitrogens is 2. The number of rotatable bonds is 3. The second kappa shape index (κ2) is 4.32. The van der Waals surface area contributed by atoms with E-state index in [2.05, 4.69) is 16.2 Å². The van der Waals surface area contributed by atoms with Gasteiger partial charge in [0.05, 0.1) is 0 Å². The molecule has 3 nitrogen and oxygen atoms in total. The fourth-order valence-electron chi connectivity index (χ4n) is 2.53. The zero-order chi connectivity index (χ0) is 11.0. The van der Waals surface area contributed by atoms with Crippen LogP contribution in [0.4, 0.5) is 5.13 Å². The molecular weight excluding hydrogens is 218 g/mol. The molecule has 1 aliphatic carbocycles. The maximum Gasteiger partial charge on any atom is 0.205 e. The molecule has 2 fully saturated rings. The summed E-state index contributed by atoms with van der Waals surface area (Å²) in [5, 5.41) is 1.17. The highest BCUT2D eigenvalue weighted by Crippen LogP contribution is 2.40. The zero-order valence-corrected chi connectivity index (χ0v) is 10.7. The third kappa shape index (κ3) is 1.95. The quantitative estimate of drug-likeness (QED) is 0.808. The molecule has 1 atom stereocenters. The molecule has 0 amide bonds. The Kier molecular flexibility index (Phi) is 2.84. The highest BCUT2D eigenvalue weighted by atomic mass is 32.1. The minimum absolute atomic E-state index is 0.690. The van der Waals surface area contributed by atoms with Crippen molar-refractivity contribution in [1.29, 1.82) is 0 Å². The normalized spacial score (nSPS) is 26.1. The van der Waals surface area contributed by atoms with Crippen molar-refractivity contribution in [3.63, 3.8) is 0 Å². The van der Waals surface area contributed by atoms with Crippen molar-refractivity contribution in [2.45, 2.75) is 57.4 Å². The smallest absolute Gasteiger partial charge is 0.205 e. The molecule has 16 heavy (non-hydrogen) atoms. The van der Waals surface area contributed by atoms with Crippen LogP contribution in [0.1, 0.15) is 57.2 Å². The first-order valence-electron chi connectivity index (χ1n) is 6.48. The summed E-state index contributed by atoms with van der Waals surface area (Å²) in [6.45, 7) is 3.46. The maximum absolute atomic E-state index is 4.73. The van der Waals surface area contributed by atoms with Crippen LogP contribution in [0.3, 0.4) is 0 Å². The van der Waals surface area contributed by atoms with Crippen molar-refractivity contribution >= 4 is 16.7 Å². The van der Waals surface area contributed by atoms with Crippen molar-refractivity contribution in [2.24, 2.45) is 0 Å². The van der Waals surface area contributed by atoms with Gasteiger partial charge in [0.25, 0.3) is 0 Å². The second-order valence-electron chi connectivity index (χ2n) is 4.96. The van der Waals surface area contributed by atoms with Gasteiger partial charge in [-0.25, -0.2) is 4.98 Å². The van der Waals surface area contributed by atoms with Gasteiger partial charge >= 0.3 is 0 Å². The monoisotopic (exact) mass is 237 g/mol. The molecule has 0 spiro atoms. The van der Waals surface area contributed by atoms with Crippen LogP contribution < -0.4 is 4.90 Å². The van der Waals surface area contributed by atoms with Crippen LogP contribution in [0, 0.1) is 0 Å². The Hall–Kier alpha value is -0.640. The van der Waals surface area contributed by atoms with Gasteiger partial charge in [-0.05, 0) is 38.5 Å². The van der Waals surface area contributed by atoms with Crippen LogP contribution >= 0.6 is 11.5 Å². The number of anilines is 1. The zero-order valence-electron chi connectivity index (χ0n) is 9.85. The minimum atomic E-state index is 0.690. The molecule has 2 aliphatic rings. The van der Waals surface area contributed by atoms with E-state index in [-0.39, 0.29) is 0 Å². The highest BCUT2D eigenvalue weighted by molar-refractivity contribution is 7.09. The van der Waals surface area contributed by atoms with Gasteiger partial charge in [0.15, 0.2) is 0 Å². The van der Waals surface area contributed by atoms with Crippen LogP contribution in [-0.4, -0.2) is 21.9 Å². The Balaban J connectivity index is 1.77. The minimum Gasteiger partial charge on any atom is -0.344 e. The van der Waals surface area contributed by atoms with Crippen molar-refractivity contribution in [2.75, 3.05) is 11.4 Å². The van der Waals surface area contributed by atoms with E-state index in [1.165, 1.54) is 50.2 Å². The molecule has 88 valence electrons. The number of hydrogen-bond donors (Lipinski definition) is 0. The fourth-order valence-corrected chi connectivity index (χ4v) is 3.37. The summed E-state index contributed by atoms with van der Waals surface area (Å²) >= 11 is 1.61. The second-order valence-corrected chi connectivity index (χ2v) is 5.69. The van der Waals surface area contributed by atoms with Gasteiger partial charge in [-0.15, -0.1) is 0 Å². The average Bonchev–Trinajstić information content (AvgIpc) is 3.07. The summed E-state index contributed by atoms with van der Waals surface area (Å²) in [5.74, 6) is 1.80. The first kappa shape index (κ1) is 10.5. The molecule has 1 unspecified atom stereocenters. The van der Waals surface area contributed by atoms with Crippen molar-refractivity contribution < 1.29 is 0 Å². The molecule has 0 radical (unpaired) electrons. The lowest BCUT2D eigenvalue weighted by Crippen LogP contribution is -2.39. The largest absolute Gasteiger partial charge is 0.344 e. The lowest BCUT2D eigenvalue weighted by molar-refractivity contribution is 0.449. The summed E-state index contributed by atoms with van der Waals surface area (Å²) < 4.78 is 4.51. The first-order chi connectivity index (χ1) is 7.88. The molecule has 4 heteroatoms. The molecule has 1 saturated heterocycles. The Labute approximate surface area is 101 Å². The molecule has 0 bridgehead atoms. The third-order valence-corrected chi connectivity index (χ3v) is 4.49. The Morgan fingerprint density at radius 3 is 2.94 bits per heavy atom. The fraction of sp³-hybridized carbons (Fsp3) is 0.833. The van der Waals surface area contributed by atoms with Crippen LogP contribution in [0.15, 0.2) is 0 Å². The Bertz CT molecular complexity index is 359. The number of hydrogen-bond acceptors (Lipinski definition) is 4. The van der Waals surface area contributed by atoms with Gasteiger partial charge in [0.2, 0.25) is 5.13 Å². The van der Waals surface area contributed by atoms with E-state index in [9.17, 15) is 0 Å². The van der Waals surface area contributed by atoms with Gasteiger partial charge in [0.1, 0.15) is 5.82 Å². The van der Waals surface area contributed by atoms with Gasteiger partial charge < -0.3 is 4.90 Å². The first-order valence-corrected chi connectivity index (χ1v) is 7.26. The predicted octanol–water partition coefficient (Wildman–Crippen LogP) is 3.18. The van der Waals surface area contributed by atoms with Gasteiger partial charge in [-0.3, -0.25) is 0 Å². The molecular formula is C12H19N3S. The molecule has 1 aromatic heterocycles. The third-order valence-electron chi connectivity index (χ3n) is 3.72. The Morgan fingerprint density at radius 2 is 2.19 bits per heavy atom. The van der Waals surface area contributed by atoms with E-state index in [1.807, 2.05) is 0 Å².